The number of benzene rings is 8. The minimum Gasteiger partial charge on any atom is -0.484 e. The number of ether oxygens (including phenoxy) is 1. The smallest absolute Gasteiger partial charge is 0.136 e. The van der Waals surface area contributed by atoms with Crippen LogP contribution in [0.3, 0.4) is 0 Å². The number of hydrogen-bond donors (Lipinski definition) is 0. The molecule has 0 N–H and O–H groups in total. The quantitative estimate of drug-likeness (QED) is 0.173. The highest BCUT2D eigenvalue weighted by atomic mass is 16.5. The van der Waals surface area contributed by atoms with Crippen LogP contribution in [-0.4, -0.2) is 6.10 Å². The first-order chi connectivity index (χ1) is 25.3. The van der Waals surface area contributed by atoms with Gasteiger partial charge in [0.05, 0.1) is 0 Å². The van der Waals surface area contributed by atoms with E-state index in [1.54, 1.807) is 0 Å². The molecule has 8 aromatic rings. The number of fused-ring (bicyclic) bond motifs is 11. The maximum absolute atomic E-state index is 6.84. The zero-order valence-electron chi connectivity index (χ0n) is 28.2. The molecule has 0 fully saturated rings. The van der Waals surface area contributed by atoms with E-state index in [0.717, 1.165) is 25.0 Å². The predicted octanol–water partition coefficient (Wildman–Crippen LogP) is 13.2. The molecule has 0 bridgehead atoms. The minimum atomic E-state index is 0.0342. The second-order valence-electron chi connectivity index (χ2n) is 14.2. The topological polar surface area (TPSA) is 9.23 Å². The standard InChI is InChI=1S/C50H34O/c1-2-12-34-29-35(26-23-31(34)11-1)32-21-24-33(25-22-32)47-40-16-6-8-18-42(40)48(43-19-9-7-17-41(43)47)36-27-28-46-45(30-36)49-39-15-5-3-13-37(39)38-14-4-10-20-44(38)50(49)51-46/h1-2,4-12,14-27,29-30,46H,3,13,28H2. The van der Waals surface area contributed by atoms with Gasteiger partial charge >= 0.3 is 0 Å². The molecule has 1 nitrogen and oxygen atoms in total. The maximum Gasteiger partial charge on any atom is 0.136 e. The van der Waals surface area contributed by atoms with Crippen molar-refractivity contribution >= 4 is 60.3 Å². The zero-order valence-corrected chi connectivity index (χ0v) is 28.2. The van der Waals surface area contributed by atoms with E-state index in [2.05, 4.69) is 164 Å². The number of allylic oxidation sites excluding steroid dienone is 3. The molecule has 0 spiro atoms. The Morgan fingerprint density at radius 1 is 0.510 bits per heavy atom. The molecule has 8 aromatic carbocycles. The Bertz CT molecular complexity index is 2790. The van der Waals surface area contributed by atoms with Gasteiger partial charge in [0, 0.05) is 22.9 Å². The van der Waals surface area contributed by atoms with Gasteiger partial charge in [-0.1, -0.05) is 152 Å². The van der Waals surface area contributed by atoms with Crippen LogP contribution in [0, 0.1) is 0 Å². The molecule has 3 aliphatic rings. The van der Waals surface area contributed by atoms with Crippen LogP contribution in [0.25, 0.3) is 82.6 Å². The first-order valence-corrected chi connectivity index (χ1v) is 18.2. The maximum atomic E-state index is 6.84. The fourth-order valence-electron chi connectivity index (χ4n) is 9.08. The van der Waals surface area contributed by atoms with Crippen molar-refractivity contribution in [1.29, 1.82) is 0 Å². The summed E-state index contributed by atoms with van der Waals surface area (Å²) in [6.45, 7) is 0. The molecular formula is C50H34O. The lowest BCUT2D eigenvalue weighted by Crippen LogP contribution is -2.14. The minimum absolute atomic E-state index is 0.0342. The van der Waals surface area contributed by atoms with Crippen molar-refractivity contribution in [1.82, 2.24) is 0 Å². The van der Waals surface area contributed by atoms with Gasteiger partial charge in [-0.3, -0.25) is 0 Å². The average Bonchev–Trinajstić information content (AvgIpc) is 3.59. The lowest BCUT2D eigenvalue weighted by Gasteiger charge is -2.22. The van der Waals surface area contributed by atoms with Crippen molar-refractivity contribution < 1.29 is 4.74 Å². The molecule has 2 aliphatic carbocycles. The highest BCUT2D eigenvalue weighted by Crippen LogP contribution is 2.52. The van der Waals surface area contributed by atoms with Gasteiger partial charge in [0.25, 0.3) is 0 Å². The Labute approximate surface area is 297 Å². The van der Waals surface area contributed by atoms with E-state index >= 15 is 0 Å². The molecule has 1 heterocycles. The van der Waals surface area contributed by atoms with E-state index in [-0.39, 0.29) is 6.10 Å². The van der Waals surface area contributed by atoms with Crippen LogP contribution in [0.4, 0.5) is 0 Å². The summed E-state index contributed by atoms with van der Waals surface area (Å²) in [5.41, 5.74) is 13.0. The monoisotopic (exact) mass is 650 g/mol. The highest BCUT2D eigenvalue weighted by Gasteiger charge is 2.36. The average molecular weight is 651 g/mol. The van der Waals surface area contributed by atoms with Gasteiger partial charge in [0.15, 0.2) is 0 Å². The Morgan fingerprint density at radius 2 is 1.12 bits per heavy atom. The summed E-state index contributed by atoms with van der Waals surface area (Å²) in [7, 11) is 0. The largest absolute Gasteiger partial charge is 0.484 e. The fraction of sp³-hybridized carbons (Fsp3) is 0.0800. The van der Waals surface area contributed by atoms with Gasteiger partial charge < -0.3 is 4.74 Å². The Kier molecular flexibility index (Phi) is 6.27. The van der Waals surface area contributed by atoms with E-state index in [4.69, 9.17) is 4.74 Å². The SMILES string of the molecule is C1=Cc2c3c(c4ccccc4c2CC1)OC1CC=C(c2c4ccccc4c(-c4ccc(-c5ccc6ccccc6c5)cc4)c4ccccc24)C=C31. The first-order valence-electron chi connectivity index (χ1n) is 18.2. The van der Waals surface area contributed by atoms with Gasteiger partial charge in [-0.15, -0.1) is 0 Å². The van der Waals surface area contributed by atoms with Crippen molar-refractivity contribution in [3.63, 3.8) is 0 Å². The molecule has 0 radical (unpaired) electrons. The number of hydrogen-bond acceptors (Lipinski definition) is 1. The third kappa shape index (κ3) is 4.34. The van der Waals surface area contributed by atoms with Gasteiger partial charge in [-0.2, -0.15) is 0 Å². The van der Waals surface area contributed by atoms with Crippen molar-refractivity contribution in [3.05, 3.63) is 180 Å². The van der Waals surface area contributed by atoms with E-state index in [1.165, 1.54) is 98.7 Å². The lowest BCUT2D eigenvalue weighted by molar-refractivity contribution is 0.282. The van der Waals surface area contributed by atoms with Crippen LogP contribution in [0.1, 0.15) is 35.1 Å². The molecule has 1 heteroatoms. The third-order valence-corrected chi connectivity index (χ3v) is 11.4. The molecule has 11 rings (SSSR count). The molecule has 1 aliphatic heterocycles. The van der Waals surface area contributed by atoms with Gasteiger partial charge in [0.1, 0.15) is 11.9 Å². The molecule has 0 saturated heterocycles. The summed E-state index contributed by atoms with van der Waals surface area (Å²) in [5, 5.41) is 10.2. The van der Waals surface area contributed by atoms with Crippen LogP contribution in [-0.2, 0) is 6.42 Å². The summed E-state index contributed by atoms with van der Waals surface area (Å²) in [4.78, 5) is 0. The van der Waals surface area contributed by atoms with Crippen molar-refractivity contribution in [2.45, 2.75) is 25.4 Å². The summed E-state index contributed by atoms with van der Waals surface area (Å²) >= 11 is 0. The third-order valence-electron chi connectivity index (χ3n) is 11.4. The molecule has 0 amide bonds. The Morgan fingerprint density at radius 3 is 1.86 bits per heavy atom. The molecule has 51 heavy (non-hydrogen) atoms. The van der Waals surface area contributed by atoms with Crippen molar-refractivity contribution in [3.8, 4) is 28.0 Å². The van der Waals surface area contributed by atoms with Crippen LogP contribution in [0.15, 0.2) is 158 Å². The van der Waals surface area contributed by atoms with Gasteiger partial charge in [0.2, 0.25) is 0 Å². The molecule has 0 aromatic heterocycles. The number of aryl methyl sites for hydroxylation is 1. The first kappa shape index (κ1) is 28.6. The summed E-state index contributed by atoms with van der Waals surface area (Å²) in [6, 6.07) is 51.3. The van der Waals surface area contributed by atoms with E-state index < -0.39 is 0 Å². The fourth-order valence-corrected chi connectivity index (χ4v) is 9.08. The van der Waals surface area contributed by atoms with E-state index in [1.807, 2.05) is 0 Å². The van der Waals surface area contributed by atoms with Crippen LogP contribution >= 0.6 is 0 Å². The predicted molar refractivity (Wildman–Crippen MR) is 216 cm³/mol. The molecular weight excluding hydrogens is 617 g/mol. The van der Waals surface area contributed by atoms with Crippen LogP contribution < -0.4 is 4.74 Å². The second-order valence-corrected chi connectivity index (χ2v) is 14.2. The molecule has 1 unspecified atom stereocenters. The Balaban J connectivity index is 1.08. The lowest BCUT2D eigenvalue weighted by atomic mass is 9.80. The molecule has 0 saturated carbocycles. The van der Waals surface area contributed by atoms with Gasteiger partial charge in [-0.25, -0.2) is 0 Å². The Hall–Kier alpha value is -6.18. The second kappa shape index (κ2) is 11.2. The summed E-state index contributed by atoms with van der Waals surface area (Å²) in [6.07, 6.45) is 12.6. The highest BCUT2D eigenvalue weighted by molar-refractivity contribution is 6.20. The van der Waals surface area contributed by atoms with Gasteiger partial charge in [-0.05, 0) is 107 Å². The molecule has 240 valence electrons. The van der Waals surface area contributed by atoms with E-state index in [9.17, 15) is 0 Å². The zero-order chi connectivity index (χ0) is 33.5. The number of rotatable bonds is 3. The van der Waals surface area contributed by atoms with Crippen LogP contribution in [0.5, 0.6) is 5.75 Å². The molecule has 1 atom stereocenters. The van der Waals surface area contributed by atoms with Crippen LogP contribution in [0.2, 0.25) is 0 Å². The van der Waals surface area contributed by atoms with E-state index in [0.29, 0.717) is 0 Å². The normalized spacial score (nSPS) is 16.1. The summed E-state index contributed by atoms with van der Waals surface area (Å²) in [5.74, 6) is 1.05. The summed E-state index contributed by atoms with van der Waals surface area (Å²) < 4.78 is 6.84. The van der Waals surface area contributed by atoms with Crippen molar-refractivity contribution in [2.24, 2.45) is 0 Å². The van der Waals surface area contributed by atoms with Crippen molar-refractivity contribution in [2.75, 3.05) is 0 Å².